The Morgan fingerprint density at radius 2 is 1.89 bits per heavy atom. The maximum Gasteiger partial charge on any atom is 0.341 e. The zero-order valence-corrected chi connectivity index (χ0v) is 15.5. The molecule has 27 heavy (non-hydrogen) atoms. The molecule has 1 fully saturated rings. The van der Waals surface area contributed by atoms with Crippen molar-refractivity contribution in [2.45, 2.75) is 51.2 Å². The van der Waals surface area contributed by atoms with Gasteiger partial charge in [0.25, 0.3) is 5.91 Å². The van der Waals surface area contributed by atoms with E-state index >= 15 is 0 Å². The molecule has 3 amide bonds. The van der Waals surface area contributed by atoms with Gasteiger partial charge in [-0.25, -0.2) is 9.59 Å². The number of urea groups is 1. The monoisotopic (exact) mass is 377 g/mol. The summed E-state index contributed by atoms with van der Waals surface area (Å²) in [6.07, 6.45) is 3.99. The lowest BCUT2D eigenvalue weighted by atomic mass is 9.96. The lowest BCUT2D eigenvalue weighted by Gasteiger charge is -2.23. The highest BCUT2D eigenvalue weighted by Gasteiger charge is 2.23. The minimum absolute atomic E-state index is 0.0777. The summed E-state index contributed by atoms with van der Waals surface area (Å²) in [5.41, 5.74) is 0.747. The van der Waals surface area contributed by atoms with Crippen LogP contribution in [0.1, 0.15) is 49.4 Å². The molecule has 148 valence electrons. The number of aliphatic hydroxyl groups excluding tert-OH is 1. The summed E-state index contributed by atoms with van der Waals surface area (Å²) in [6, 6.07) is 6.15. The molecule has 0 spiro atoms. The number of hydrogen-bond donors (Lipinski definition) is 4. The number of aliphatic hydroxyl groups is 1. The summed E-state index contributed by atoms with van der Waals surface area (Å²) in [5.74, 6) is -1.37. The van der Waals surface area contributed by atoms with Gasteiger partial charge in [-0.3, -0.25) is 10.1 Å². The molecule has 0 unspecified atom stereocenters. The normalized spacial score (nSPS) is 15.5. The van der Waals surface area contributed by atoms with Crippen molar-refractivity contribution in [3.05, 3.63) is 29.8 Å². The summed E-state index contributed by atoms with van der Waals surface area (Å²) in [5, 5.41) is 16.8. The second kappa shape index (κ2) is 10.5. The average Bonchev–Trinajstić information content (AvgIpc) is 2.67. The number of ether oxygens (including phenoxy) is 1. The molecule has 1 aliphatic carbocycles. The summed E-state index contributed by atoms with van der Waals surface area (Å²) in [6.45, 7) is 1.60. The standard InChI is InChI=1S/C19H27N3O5/c1-13(17(24)22-19(26)21-14-7-3-2-4-8-14)27-18(25)15-9-5-6-10-16(15)20-11-12-23/h5-6,9-10,13-14,20,23H,2-4,7-8,11-12H2,1H3,(H2,21,22,24,26)/t13-/m0/s1. The van der Waals surface area contributed by atoms with E-state index in [-0.39, 0.29) is 24.8 Å². The van der Waals surface area contributed by atoms with E-state index in [0.717, 1.165) is 25.7 Å². The van der Waals surface area contributed by atoms with Crippen molar-refractivity contribution in [2.24, 2.45) is 0 Å². The predicted octanol–water partition coefficient (Wildman–Crippen LogP) is 1.79. The third-order valence-electron chi connectivity index (χ3n) is 4.40. The third-order valence-corrected chi connectivity index (χ3v) is 4.40. The first-order chi connectivity index (χ1) is 13.0. The molecular weight excluding hydrogens is 350 g/mol. The van der Waals surface area contributed by atoms with Gasteiger partial charge in [0.2, 0.25) is 0 Å². The van der Waals surface area contributed by atoms with Crippen molar-refractivity contribution < 1.29 is 24.2 Å². The number of rotatable bonds is 7. The molecule has 0 bridgehead atoms. The second-order valence-corrected chi connectivity index (χ2v) is 6.54. The summed E-state index contributed by atoms with van der Waals surface area (Å²) in [4.78, 5) is 36.4. The first-order valence-corrected chi connectivity index (χ1v) is 9.27. The zero-order valence-electron chi connectivity index (χ0n) is 15.5. The Bertz CT molecular complexity index is 659. The van der Waals surface area contributed by atoms with E-state index in [1.165, 1.54) is 13.3 Å². The van der Waals surface area contributed by atoms with Gasteiger partial charge in [-0.15, -0.1) is 0 Å². The lowest BCUT2D eigenvalue weighted by Crippen LogP contribution is -2.48. The van der Waals surface area contributed by atoms with Crippen LogP contribution in [0, 0.1) is 0 Å². The fraction of sp³-hybridized carbons (Fsp3) is 0.526. The highest BCUT2D eigenvalue weighted by Crippen LogP contribution is 2.18. The molecule has 8 nitrogen and oxygen atoms in total. The fourth-order valence-corrected chi connectivity index (χ4v) is 2.97. The molecule has 1 aromatic carbocycles. The van der Waals surface area contributed by atoms with Gasteiger partial charge in [0.15, 0.2) is 6.10 Å². The van der Waals surface area contributed by atoms with Crippen molar-refractivity contribution in [1.29, 1.82) is 0 Å². The molecule has 1 atom stereocenters. The van der Waals surface area contributed by atoms with Crippen molar-refractivity contribution in [1.82, 2.24) is 10.6 Å². The predicted molar refractivity (Wildman–Crippen MR) is 100 cm³/mol. The Balaban J connectivity index is 1.86. The molecule has 1 saturated carbocycles. The maximum atomic E-state index is 12.3. The van der Waals surface area contributed by atoms with Crippen LogP contribution in [0.2, 0.25) is 0 Å². The molecule has 4 N–H and O–H groups in total. The van der Waals surface area contributed by atoms with E-state index in [1.807, 2.05) is 0 Å². The molecule has 0 heterocycles. The third kappa shape index (κ3) is 6.56. The minimum atomic E-state index is -1.12. The number of esters is 1. The Hall–Kier alpha value is -2.61. The number of para-hydroxylation sites is 1. The molecule has 0 aromatic heterocycles. The SMILES string of the molecule is C[C@H](OC(=O)c1ccccc1NCCO)C(=O)NC(=O)NC1CCCCC1. The van der Waals surface area contributed by atoms with Gasteiger partial charge in [-0.1, -0.05) is 31.4 Å². The molecule has 1 aromatic rings. The molecule has 0 radical (unpaired) electrons. The van der Waals surface area contributed by atoms with Crippen LogP contribution >= 0.6 is 0 Å². The Kier molecular flexibility index (Phi) is 8.06. The summed E-state index contributed by atoms with van der Waals surface area (Å²) in [7, 11) is 0. The van der Waals surface area contributed by atoms with Crippen LogP contribution in [0.15, 0.2) is 24.3 Å². The molecule has 1 aliphatic rings. The number of imide groups is 1. The van der Waals surface area contributed by atoms with E-state index in [9.17, 15) is 14.4 Å². The van der Waals surface area contributed by atoms with E-state index in [4.69, 9.17) is 9.84 Å². The Labute approximate surface area is 158 Å². The summed E-state index contributed by atoms with van der Waals surface area (Å²) >= 11 is 0. The van der Waals surface area contributed by atoms with Crippen molar-refractivity contribution in [3.8, 4) is 0 Å². The van der Waals surface area contributed by atoms with Gasteiger partial charge >= 0.3 is 12.0 Å². The quantitative estimate of drug-likeness (QED) is 0.538. The van der Waals surface area contributed by atoms with Crippen molar-refractivity contribution >= 4 is 23.6 Å². The first-order valence-electron chi connectivity index (χ1n) is 9.27. The number of benzene rings is 1. The van der Waals surface area contributed by atoms with Gasteiger partial charge in [0, 0.05) is 18.3 Å². The van der Waals surface area contributed by atoms with Crippen LogP contribution in [0.5, 0.6) is 0 Å². The number of nitrogens with one attached hydrogen (secondary N) is 3. The molecular formula is C19H27N3O5. The van der Waals surface area contributed by atoms with Crippen LogP contribution < -0.4 is 16.0 Å². The van der Waals surface area contributed by atoms with Gasteiger partial charge in [-0.05, 0) is 31.9 Å². The van der Waals surface area contributed by atoms with Crippen LogP contribution in [0.3, 0.4) is 0 Å². The van der Waals surface area contributed by atoms with Gasteiger partial charge in [-0.2, -0.15) is 0 Å². The highest BCUT2D eigenvalue weighted by molar-refractivity contribution is 6.00. The molecule has 2 rings (SSSR count). The lowest BCUT2D eigenvalue weighted by molar-refractivity contribution is -0.127. The molecule has 0 aliphatic heterocycles. The van der Waals surface area contributed by atoms with E-state index in [2.05, 4.69) is 16.0 Å². The largest absolute Gasteiger partial charge is 0.449 e. The average molecular weight is 377 g/mol. The fourth-order valence-electron chi connectivity index (χ4n) is 2.97. The Morgan fingerprint density at radius 1 is 1.19 bits per heavy atom. The Morgan fingerprint density at radius 3 is 2.59 bits per heavy atom. The van der Waals surface area contributed by atoms with Gasteiger partial charge in [0.05, 0.1) is 12.2 Å². The molecule has 0 saturated heterocycles. The highest BCUT2D eigenvalue weighted by atomic mass is 16.5. The van der Waals surface area contributed by atoms with Crippen LogP contribution in [-0.2, 0) is 9.53 Å². The number of anilines is 1. The molecule has 8 heteroatoms. The van der Waals surface area contributed by atoms with Gasteiger partial charge in [0.1, 0.15) is 0 Å². The number of carbonyl (C=O) groups is 3. The van der Waals surface area contributed by atoms with Crippen molar-refractivity contribution in [2.75, 3.05) is 18.5 Å². The smallest absolute Gasteiger partial charge is 0.341 e. The maximum absolute atomic E-state index is 12.3. The van der Waals surface area contributed by atoms with E-state index in [1.54, 1.807) is 24.3 Å². The number of carbonyl (C=O) groups excluding carboxylic acids is 3. The van der Waals surface area contributed by atoms with Crippen LogP contribution in [0.4, 0.5) is 10.5 Å². The van der Waals surface area contributed by atoms with E-state index < -0.39 is 24.0 Å². The van der Waals surface area contributed by atoms with Gasteiger partial charge < -0.3 is 20.5 Å². The number of amides is 3. The van der Waals surface area contributed by atoms with Crippen LogP contribution in [0.25, 0.3) is 0 Å². The zero-order chi connectivity index (χ0) is 19.6. The minimum Gasteiger partial charge on any atom is -0.449 e. The summed E-state index contributed by atoms with van der Waals surface area (Å²) < 4.78 is 5.18. The van der Waals surface area contributed by atoms with Crippen molar-refractivity contribution in [3.63, 3.8) is 0 Å². The second-order valence-electron chi connectivity index (χ2n) is 6.54. The first kappa shape index (κ1) is 20.7. The topological polar surface area (TPSA) is 117 Å². The van der Waals surface area contributed by atoms with Crippen LogP contribution in [-0.4, -0.2) is 48.3 Å². The number of hydrogen-bond acceptors (Lipinski definition) is 6. The van der Waals surface area contributed by atoms with E-state index in [0.29, 0.717) is 5.69 Å².